The quantitative estimate of drug-likeness (QED) is 0.615. The highest BCUT2D eigenvalue weighted by atomic mass is 16.3. The van der Waals surface area contributed by atoms with E-state index in [-0.39, 0.29) is 5.76 Å². The number of aliphatic hydroxyl groups is 1. The van der Waals surface area contributed by atoms with Gasteiger partial charge in [0.1, 0.15) is 11.5 Å². The van der Waals surface area contributed by atoms with Crippen molar-refractivity contribution >= 4 is 5.76 Å². The summed E-state index contributed by atoms with van der Waals surface area (Å²) in [5, 5.41) is 16.1. The lowest BCUT2D eigenvalue weighted by Gasteiger charge is -1.96. The standard InChI is InChI=1S/C9H8N2O/c12-9(7-3-1-2-4-7)8-5-6-10-11-8/h1-6,12H,(H,10,11). The first-order valence-electron chi connectivity index (χ1n) is 3.65. The summed E-state index contributed by atoms with van der Waals surface area (Å²) in [6.07, 6.45) is 9.05. The second-order valence-corrected chi connectivity index (χ2v) is 2.49. The summed E-state index contributed by atoms with van der Waals surface area (Å²) >= 11 is 0. The molecule has 2 rings (SSSR count). The highest BCUT2D eigenvalue weighted by Crippen LogP contribution is 2.18. The normalized spacial score (nSPS) is 14.2. The molecule has 0 spiro atoms. The van der Waals surface area contributed by atoms with Gasteiger partial charge in [0.05, 0.1) is 0 Å². The van der Waals surface area contributed by atoms with E-state index >= 15 is 0 Å². The predicted molar refractivity (Wildman–Crippen MR) is 46.4 cm³/mol. The zero-order valence-corrected chi connectivity index (χ0v) is 6.36. The fraction of sp³-hybridized carbons (Fsp3) is 0. The SMILES string of the molecule is OC(=C1C=CC=C1)c1ccn[nH]1. The van der Waals surface area contributed by atoms with Crippen LogP contribution in [0.1, 0.15) is 5.69 Å². The Morgan fingerprint density at radius 1 is 1.33 bits per heavy atom. The fourth-order valence-electron chi connectivity index (χ4n) is 1.08. The van der Waals surface area contributed by atoms with Gasteiger partial charge < -0.3 is 5.11 Å². The maximum absolute atomic E-state index is 9.62. The molecule has 0 bridgehead atoms. The number of rotatable bonds is 1. The van der Waals surface area contributed by atoms with Gasteiger partial charge in [0.2, 0.25) is 0 Å². The number of nitrogens with zero attached hydrogens (tertiary/aromatic N) is 1. The van der Waals surface area contributed by atoms with Gasteiger partial charge in [-0.3, -0.25) is 5.10 Å². The number of allylic oxidation sites excluding steroid dienone is 5. The van der Waals surface area contributed by atoms with Crippen LogP contribution in [0, 0.1) is 0 Å². The molecule has 0 radical (unpaired) electrons. The molecule has 3 heteroatoms. The molecule has 0 atom stereocenters. The lowest BCUT2D eigenvalue weighted by Crippen LogP contribution is -1.86. The van der Waals surface area contributed by atoms with E-state index < -0.39 is 0 Å². The lowest BCUT2D eigenvalue weighted by molar-refractivity contribution is 0.506. The molecular formula is C9H8N2O. The topological polar surface area (TPSA) is 48.9 Å². The number of hydrogen-bond acceptors (Lipinski definition) is 2. The Morgan fingerprint density at radius 3 is 2.67 bits per heavy atom. The third kappa shape index (κ3) is 1.05. The van der Waals surface area contributed by atoms with E-state index in [0.29, 0.717) is 5.69 Å². The van der Waals surface area contributed by atoms with Crippen LogP contribution in [0.5, 0.6) is 0 Å². The molecule has 0 fully saturated rings. The molecule has 1 aromatic rings. The molecule has 12 heavy (non-hydrogen) atoms. The molecule has 0 saturated heterocycles. The first-order chi connectivity index (χ1) is 5.88. The highest BCUT2D eigenvalue weighted by Gasteiger charge is 2.05. The third-order valence-corrected chi connectivity index (χ3v) is 1.69. The Hall–Kier alpha value is -1.77. The largest absolute Gasteiger partial charge is 0.505 e. The van der Waals surface area contributed by atoms with Crippen LogP contribution in [0.15, 0.2) is 42.1 Å². The van der Waals surface area contributed by atoms with E-state index in [2.05, 4.69) is 10.2 Å². The number of H-pyrrole nitrogens is 1. The monoisotopic (exact) mass is 160 g/mol. The van der Waals surface area contributed by atoms with Crippen LogP contribution >= 0.6 is 0 Å². The molecule has 2 N–H and O–H groups in total. The van der Waals surface area contributed by atoms with Gasteiger partial charge in [-0.25, -0.2) is 0 Å². The molecule has 60 valence electrons. The van der Waals surface area contributed by atoms with Crippen LogP contribution in [-0.2, 0) is 0 Å². The Balaban J connectivity index is 2.42. The Bertz CT molecular complexity index is 344. The van der Waals surface area contributed by atoms with E-state index in [1.54, 1.807) is 12.3 Å². The summed E-state index contributed by atoms with van der Waals surface area (Å²) in [5.74, 6) is 0.234. The molecule has 1 aliphatic rings. The Kier molecular flexibility index (Phi) is 1.55. The molecule has 0 aromatic carbocycles. The molecule has 0 amide bonds. The molecule has 1 aliphatic carbocycles. The number of aromatic nitrogens is 2. The molecule has 3 nitrogen and oxygen atoms in total. The second kappa shape index (κ2) is 2.70. The van der Waals surface area contributed by atoms with Crippen molar-refractivity contribution in [2.24, 2.45) is 0 Å². The van der Waals surface area contributed by atoms with Gasteiger partial charge in [-0.15, -0.1) is 0 Å². The fourth-order valence-corrected chi connectivity index (χ4v) is 1.08. The van der Waals surface area contributed by atoms with Crippen molar-refractivity contribution in [2.75, 3.05) is 0 Å². The maximum atomic E-state index is 9.62. The minimum atomic E-state index is 0.234. The summed E-state index contributed by atoms with van der Waals surface area (Å²) in [6.45, 7) is 0. The van der Waals surface area contributed by atoms with Crippen molar-refractivity contribution in [3.05, 3.63) is 47.8 Å². The minimum Gasteiger partial charge on any atom is -0.505 e. The van der Waals surface area contributed by atoms with Crippen LogP contribution in [0.3, 0.4) is 0 Å². The van der Waals surface area contributed by atoms with Crippen LogP contribution in [-0.4, -0.2) is 15.3 Å². The van der Waals surface area contributed by atoms with Crippen molar-refractivity contribution in [1.82, 2.24) is 10.2 Å². The highest BCUT2D eigenvalue weighted by molar-refractivity contribution is 5.66. The average Bonchev–Trinajstić information content (AvgIpc) is 2.77. The number of aliphatic hydroxyl groups excluding tert-OH is 1. The van der Waals surface area contributed by atoms with Gasteiger partial charge in [0.15, 0.2) is 0 Å². The van der Waals surface area contributed by atoms with Crippen molar-refractivity contribution in [3.8, 4) is 0 Å². The molecule has 0 saturated carbocycles. The summed E-state index contributed by atoms with van der Waals surface area (Å²) in [6, 6.07) is 1.72. The third-order valence-electron chi connectivity index (χ3n) is 1.69. The van der Waals surface area contributed by atoms with E-state index in [4.69, 9.17) is 0 Å². The lowest BCUT2D eigenvalue weighted by atomic mass is 10.2. The average molecular weight is 160 g/mol. The van der Waals surface area contributed by atoms with Crippen molar-refractivity contribution < 1.29 is 5.11 Å². The summed E-state index contributed by atoms with van der Waals surface area (Å²) in [7, 11) is 0. The second-order valence-electron chi connectivity index (χ2n) is 2.49. The number of hydrogen-bond donors (Lipinski definition) is 2. The Morgan fingerprint density at radius 2 is 2.08 bits per heavy atom. The minimum absolute atomic E-state index is 0.234. The van der Waals surface area contributed by atoms with E-state index in [0.717, 1.165) is 5.57 Å². The van der Waals surface area contributed by atoms with E-state index in [1.807, 2.05) is 24.3 Å². The number of aromatic amines is 1. The van der Waals surface area contributed by atoms with E-state index in [9.17, 15) is 5.11 Å². The van der Waals surface area contributed by atoms with Gasteiger partial charge in [0.25, 0.3) is 0 Å². The van der Waals surface area contributed by atoms with Crippen LogP contribution in [0.2, 0.25) is 0 Å². The van der Waals surface area contributed by atoms with Crippen LogP contribution in [0.25, 0.3) is 5.76 Å². The van der Waals surface area contributed by atoms with Crippen LogP contribution < -0.4 is 0 Å². The Labute approximate surface area is 69.7 Å². The molecule has 1 aromatic heterocycles. The molecule has 0 unspecified atom stereocenters. The van der Waals surface area contributed by atoms with E-state index in [1.165, 1.54) is 0 Å². The number of nitrogens with one attached hydrogen (secondary N) is 1. The smallest absolute Gasteiger partial charge is 0.147 e. The van der Waals surface area contributed by atoms with Crippen molar-refractivity contribution in [3.63, 3.8) is 0 Å². The van der Waals surface area contributed by atoms with Gasteiger partial charge in [-0.05, 0) is 6.07 Å². The zero-order chi connectivity index (χ0) is 8.39. The molecule has 0 aliphatic heterocycles. The summed E-state index contributed by atoms with van der Waals surface area (Å²) in [4.78, 5) is 0. The van der Waals surface area contributed by atoms with Gasteiger partial charge in [-0.1, -0.05) is 24.3 Å². The molecular weight excluding hydrogens is 152 g/mol. The summed E-state index contributed by atoms with van der Waals surface area (Å²) < 4.78 is 0. The van der Waals surface area contributed by atoms with Gasteiger partial charge in [-0.2, -0.15) is 5.10 Å². The van der Waals surface area contributed by atoms with Gasteiger partial charge >= 0.3 is 0 Å². The van der Waals surface area contributed by atoms with Crippen molar-refractivity contribution in [2.45, 2.75) is 0 Å². The van der Waals surface area contributed by atoms with Crippen molar-refractivity contribution in [1.29, 1.82) is 0 Å². The zero-order valence-electron chi connectivity index (χ0n) is 6.36. The molecule has 1 heterocycles. The van der Waals surface area contributed by atoms with Gasteiger partial charge in [0, 0.05) is 11.8 Å². The predicted octanol–water partition coefficient (Wildman–Crippen LogP) is 1.80. The summed E-state index contributed by atoms with van der Waals surface area (Å²) in [5.41, 5.74) is 1.44. The first-order valence-corrected chi connectivity index (χ1v) is 3.65. The maximum Gasteiger partial charge on any atom is 0.147 e. The van der Waals surface area contributed by atoms with Crippen LogP contribution in [0.4, 0.5) is 0 Å². The first kappa shape index (κ1) is 6.91.